The summed E-state index contributed by atoms with van der Waals surface area (Å²) in [5.41, 5.74) is 0. The molecule has 0 radical (unpaired) electrons. The number of hydrogen-bond acceptors (Lipinski definition) is 4. The summed E-state index contributed by atoms with van der Waals surface area (Å²) in [6.07, 6.45) is 4.76. The number of hydrogen-bond donors (Lipinski definition) is 2. The standard InChI is InChI=1S/C23H29F2NO4S/c1-3-4-5-6-8-16(2)19(27)12-10-17-15-23(24,25)22(30)26(17)14-7-9-18-11-13-20(31-18)21(28)29/h10-13,16-17,19,27H,3-4,7-9,14-15H2,1-2H3,(H,28,29)/b12-10+/t16-,17-,19+/m0/s1. The summed E-state index contributed by atoms with van der Waals surface area (Å²) in [6.45, 7) is 4.01. The summed E-state index contributed by atoms with van der Waals surface area (Å²) in [5, 5.41) is 19.3. The second kappa shape index (κ2) is 11.4. The average Bonchev–Trinajstić information content (AvgIpc) is 3.27. The van der Waals surface area contributed by atoms with E-state index < -0.39 is 36.4 Å². The lowest BCUT2D eigenvalue weighted by Gasteiger charge is -2.22. The van der Waals surface area contributed by atoms with Crippen molar-refractivity contribution >= 4 is 23.2 Å². The first-order valence-electron chi connectivity index (χ1n) is 10.5. The molecule has 5 nitrogen and oxygen atoms in total. The van der Waals surface area contributed by atoms with E-state index in [2.05, 4.69) is 11.8 Å². The number of aliphatic hydroxyl groups is 1. The maximum atomic E-state index is 14.0. The lowest BCUT2D eigenvalue weighted by atomic mass is 9.99. The monoisotopic (exact) mass is 453 g/mol. The third-order valence-electron chi connectivity index (χ3n) is 5.17. The summed E-state index contributed by atoms with van der Waals surface area (Å²) in [4.78, 5) is 25.3. The average molecular weight is 454 g/mol. The van der Waals surface area contributed by atoms with Gasteiger partial charge < -0.3 is 15.1 Å². The quantitative estimate of drug-likeness (QED) is 0.408. The molecule has 2 N–H and O–H groups in total. The molecule has 0 saturated carbocycles. The Morgan fingerprint density at radius 1 is 1.42 bits per heavy atom. The molecule has 1 fully saturated rings. The normalized spacial score (nSPS) is 20.0. The molecule has 3 atom stereocenters. The Morgan fingerprint density at radius 3 is 2.81 bits per heavy atom. The molecule has 0 aliphatic carbocycles. The fourth-order valence-electron chi connectivity index (χ4n) is 3.31. The minimum atomic E-state index is -3.42. The molecule has 2 heterocycles. The Morgan fingerprint density at radius 2 is 2.16 bits per heavy atom. The van der Waals surface area contributed by atoms with Gasteiger partial charge in [-0.2, -0.15) is 8.78 Å². The number of aromatic carboxylic acids is 1. The van der Waals surface area contributed by atoms with Crippen LogP contribution in [0.15, 0.2) is 24.3 Å². The number of likely N-dealkylation sites (tertiary alicyclic amines) is 1. The van der Waals surface area contributed by atoms with Crippen molar-refractivity contribution in [2.45, 2.75) is 70.4 Å². The number of nitrogens with zero attached hydrogens (tertiary/aromatic N) is 1. The van der Waals surface area contributed by atoms with Crippen molar-refractivity contribution in [1.29, 1.82) is 0 Å². The van der Waals surface area contributed by atoms with E-state index >= 15 is 0 Å². The zero-order valence-corrected chi connectivity index (χ0v) is 18.6. The van der Waals surface area contributed by atoms with E-state index in [4.69, 9.17) is 5.11 Å². The molecule has 170 valence electrons. The predicted molar refractivity (Wildman–Crippen MR) is 116 cm³/mol. The third kappa shape index (κ3) is 7.15. The van der Waals surface area contributed by atoms with E-state index in [0.29, 0.717) is 19.3 Å². The van der Waals surface area contributed by atoms with Crippen LogP contribution < -0.4 is 0 Å². The van der Waals surface area contributed by atoms with Gasteiger partial charge in [0.25, 0.3) is 5.91 Å². The number of carboxylic acid groups (broad SMARTS) is 1. The van der Waals surface area contributed by atoms with E-state index in [1.807, 2.05) is 13.8 Å². The number of alkyl halides is 2. The Bertz CT molecular complexity index is 855. The van der Waals surface area contributed by atoms with Gasteiger partial charge in [0.1, 0.15) is 4.88 Å². The zero-order chi connectivity index (χ0) is 23.0. The smallest absolute Gasteiger partial charge is 0.345 e. The summed E-state index contributed by atoms with van der Waals surface area (Å²) in [7, 11) is 0. The Kier molecular flexibility index (Phi) is 9.20. The summed E-state index contributed by atoms with van der Waals surface area (Å²) >= 11 is 1.14. The number of rotatable bonds is 10. The fourth-order valence-corrected chi connectivity index (χ4v) is 4.20. The van der Waals surface area contributed by atoms with Gasteiger partial charge in [-0.3, -0.25) is 4.79 Å². The minimum absolute atomic E-state index is 0.137. The van der Waals surface area contributed by atoms with Gasteiger partial charge in [-0.05, 0) is 37.3 Å². The van der Waals surface area contributed by atoms with E-state index in [1.165, 1.54) is 18.2 Å². The van der Waals surface area contributed by atoms with Gasteiger partial charge in [0.05, 0.1) is 12.1 Å². The molecule has 1 amide bonds. The predicted octanol–water partition coefficient (Wildman–Crippen LogP) is 4.36. The van der Waals surface area contributed by atoms with Gasteiger partial charge >= 0.3 is 11.9 Å². The summed E-state index contributed by atoms with van der Waals surface area (Å²) < 4.78 is 28.1. The maximum absolute atomic E-state index is 14.0. The second-order valence-electron chi connectivity index (χ2n) is 7.81. The van der Waals surface area contributed by atoms with Crippen LogP contribution in [0.3, 0.4) is 0 Å². The van der Waals surface area contributed by atoms with Gasteiger partial charge in [0, 0.05) is 30.7 Å². The highest BCUT2D eigenvalue weighted by Gasteiger charge is 2.52. The summed E-state index contributed by atoms with van der Waals surface area (Å²) in [6, 6.07) is 2.43. The molecular weight excluding hydrogens is 424 g/mol. The van der Waals surface area contributed by atoms with Crippen LogP contribution in [0.25, 0.3) is 0 Å². The van der Waals surface area contributed by atoms with Crippen LogP contribution in [0.4, 0.5) is 8.78 Å². The number of carboxylic acids is 1. The van der Waals surface area contributed by atoms with Gasteiger partial charge in [0.15, 0.2) is 0 Å². The van der Waals surface area contributed by atoms with Crippen LogP contribution >= 0.6 is 11.3 Å². The largest absolute Gasteiger partial charge is 0.477 e. The van der Waals surface area contributed by atoms with Crippen molar-refractivity contribution in [3.8, 4) is 11.8 Å². The topological polar surface area (TPSA) is 77.8 Å². The van der Waals surface area contributed by atoms with Crippen molar-refractivity contribution in [2.24, 2.45) is 5.92 Å². The molecule has 0 aromatic carbocycles. The number of carbonyl (C=O) groups is 2. The van der Waals surface area contributed by atoms with E-state index in [0.717, 1.165) is 34.0 Å². The van der Waals surface area contributed by atoms with E-state index in [-0.39, 0.29) is 17.3 Å². The van der Waals surface area contributed by atoms with E-state index in [9.17, 15) is 23.5 Å². The molecule has 1 aliphatic rings. The fraction of sp³-hybridized carbons (Fsp3) is 0.565. The molecule has 1 aliphatic heterocycles. The molecule has 1 aromatic heterocycles. The highest BCUT2D eigenvalue weighted by molar-refractivity contribution is 7.13. The van der Waals surface area contributed by atoms with Crippen molar-refractivity contribution in [1.82, 2.24) is 4.90 Å². The molecule has 31 heavy (non-hydrogen) atoms. The van der Waals surface area contributed by atoms with Crippen molar-refractivity contribution in [2.75, 3.05) is 6.54 Å². The molecule has 0 unspecified atom stereocenters. The Labute approximate surface area is 185 Å². The first kappa shape index (κ1) is 25.0. The van der Waals surface area contributed by atoms with Crippen molar-refractivity contribution in [3.05, 3.63) is 34.0 Å². The number of amides is 1. The maximum Gasteiger partial charge on any atom is 0.345 e. The lowest BCUT2D eigenvalue weighted by Crippen LogP contribution is -2.36. The molecule has 1 aromatic rings. The van der Waals surface area contributed by atoms with Crippen LogP contribution in [0.1, 0.15) is 60.5 Å². The third-order valence-corrected chi connectivity index (χ3v) is 6.30. The molecular formula is C23H29F2NO4S. The first-order valence-corrected chi connectivity index (χ1v) is 11.3. The number of halogens is 2. The van der Waals surface area contributed by atoms with Gasteiger partial charge in [-0.25, -0.2) is 4.79 Å². The molecule has 2 rings (SSSR count). The van der Waals surface area contributed by atoms with Gasteiger partial charge in [0.2, 0.25) is 0 Å². The first-order chi connectivity index (χ1) is 14.7. The Hall–Kier alpha value is -2.24. The number of unbranched alkanes of at least 4 members (excludes halogenated alkanes) is 1. The van der Waals surface area contributed by atoms with Crippen LogP contribution in [0, 0.1) is 17.8 Å². The minimum Gasteiger partial charge on any atom is -0.477 e. The highest BCUT2D eigenvalue weighted by Crippen LogP contribution is 2.34. The van der Waals surface area contributed by atoms with Crippen LogP contribution in [0.5, 0.6) is 0 Å². The zero-order valence-electron chi connectivity index (χ0n) is 17.8. The van der Waals surface area contributed by atoms with E-state index in [1.54, 1.807) is 6.07 Å². The Balaban J connectivity index is 1.95. The number of aryl methyl sites for hydroxylation is 1. The molecule has 1 saturated heterocycles. The lowest BCUT2D eigenvalue weighted by molar-refractivity contribution is -0.148. The number of thiophene rings is 1. The van der Waals surface area contributed by atoms with Gasteiger partial charge in [-0.1, -0.05) is 26.0 Å². The van der Waals surface area contributed by atoms with Crippen molar-refractivity contribution in [3.63, 3.8) is 0 Å². The highest BCUT2D eigenvalue weighted by atomic mass is 32.1. The summed E-state index contributed by atoms with van der Waals surface area (Å²) in [5.74, 6) is 0.263. The SMILES string of the molecule is CCCC#CC[C@H](C)[C@H](O)/C=C/[C@H]1CC(F)(F)C(=O)N1CCCc1ccc(C(=O)O)s1. The second-order valence-corrected chi connectivity index (χ2v) is 8.98. The molecule has 0 bridgehead atoms. The van der Waals surface area contributed by atoms with Crippen LogP contribution in [-0.4, -0.2) is 51.6 Å². The van der Waals surface area contributed by atoms with Crippen LogP contribution in [0.2, 0.25) is 0 Å². The number of carbonyl (C=O) groups excluding carboxylic acids is 1. The molecule has 0 spiro atoms. The van der Waals surface area contributed by atoms with Crippen molar-refractivity contribution < 1.29 is 28.6 Å². The number of aliphatic hydroxyl groups excluding tert-OH is 1. The molecule has 8 heteroatoms. The van der Waals surface area contributed by atoms with Crippen LogP contribution in [-0.2, 0) is 11.2 Å². The van der Waals surface area contributed by atoms with Gasteiger partial charge in [-0.15, -0.1) is 23.2 Å².